The van der Waals surface area contributed by atoms with Crippen molar-refractivity contribution in [3.8, 4) is 0 Å². The highest BCUT2D eigenvalue weighted by atomic mass is 35.5. The fourth-order valence-corrected chi connectivity index (χ4v) is 2.29. The molecule has 18 heavy (non-hydrogen) atoms. The minimum Gasteiger partial charge on any atom is -0.204 e. The van der Waals surface area contributed by atoms with Crippen LogP contribution < -0.4 is 0 Å². The Balaban J connectivity index is 2.44. The van der Waals surface area contributed by atoms with Crippen LogP contribution in [0.5, 0.6) is 0 Å². The largest absolute Gasteiger partial charge is 0.204 e. The van der Waals surface area contributed by atoms with Gasteiger partial charge in [-0.1, -0.05) is 23.7 Å². The van der Waals surface area contributed by atoms with E-state index in [1.54, 1.807) is 12.1 Å². The molecule has 0 aliphatic rings. The fourth-order valence-electron chi connectivity index (χ4n) is 1.73. The molecule has 0 N–H and O–H groups in total. The maximum absolute atomic E-state index is 13.2. The zero-order valence-corrected chi connectivity index (χ0v) is 11.1. The van der Waals surface area contributed by atoms with Crippen LogP contribution in [0.25, 0.3) is 0 Å². The second-order valence-electron chi connectivity index (χ2n) is 4.04. The van der Waals surface area contributed by atoms with E-state index in [-0.39, 0.29) is 0 Å². The fraction of sp³-hybridized carbons (Fsp3) is 0.143. The van der Waals surface area contributed by atoms with E-state index in [0.717, 1.165) is 23.3 Å². The molecule has 0 amide bonds. The first-order valence-corrected chi connectivity index (χ1v) is 6.15. The molecule has 2 aromatic carbocycles. The average Bonchev–Trinajstić information content (AvgIpc) is 2.35. The third-order valence-electron chi connectivity index (χ3n) is 2.75. The number of hydrogen-bond acceptors (Lipinski definition) is 0. The van der Waals surface area contributed by atoms with Gasteiger partial charge in [0.25, 0.3) is 0 Å². The maximum atomic E-state index is 13.2. The van der Waals surface area contributed by atoms with E-state index >= 15 is 0 Å². The number of alkyl halides is 1. The Morgan fingerprint density at radius 1 is 1.00 bits per heavy atom. The molecular formula is C14H10Cl2F2. The smallest absolute Gasteiger partial charge is 0.159 e. The predicted octanol–water partition coefficient (Wildman–Crippen LogP) is 5.25. The Kier molecular flexibility index (Phi) is 3.88. The van der Waals surface area contributed by atoms with Crippen LogP contribution in [-0.2, 0) is 0 Å². The third kappa shape index (κ3) is 2.65. The van der Waals surface area contributed by atoms with Gasteiger partial charge in [-0.2, -0.15) is 0 Å². The van der Waals surface area contributed by atoms with E-state index in [0.29, 0.717) is 10.6 Å². The summed E-state index contributed by atoms with van der Waals surface area (Å²) in [5, 5.41) is 0.00244. The quantitative estimate of drug-likeness (QED) is 0.661. The normalized spacial score (nSPS) is 12.5. The second kappa shape index (κ2) is 5.25. The van der Waals surface area contributed by atoms with Crippen molar-refractivity contribution in [1.82, 2.24) is 0 Å². The van der Waals surface area contributed by atoms with Gasteiger partial charge in [-0.3, -0.25) is 0 Å². The molecule has 0 aromatic heterocycles. The topological polar surface area (TPSA) is 0 Å². The summed E-state index contributed by atoms with van der Waals surface area (Å²) in [6.45, 7) is 1.89. The molecule has 1 unspecified atom stereocenters. The van der Waals surface area contributed by atoms with Crippen LogP contribution in [0.15, 0.2) is 36.4 Å². The van der Waals surface area contributed by atoms with E-state index in [1.807, 2.05) is 13.0 Å². The standard InChI is InChI=1S/C14H10Cl2F2/c1-8-2-4-10(15)7-11(8)14(16)9-3-5-12(17)13(18)6-9/h2-7,14H,1H3. The number of aryl methyl sites for hydroxylation is 1. The Hall–Kier alpha value is -1.12. The van der Waals surface area contributed by atoms with Gasteiger partial charge in [0, 0.05) is 5.02 Å². The van der Waals surface area contributed by atoms with Crippen LogP contribution in [0.3, 0.4) is 0 Å². The van der Waals surface area contributed by atoms with Gasteiger partial charge in [-0.25, -0.2) is 8.78 Å². The summed E-state index contributed by atoms with van der Waals surface area (Å²) in [5.74, 6) is -1.79. The van der Waals surface area contributed by atoms with Gasteiger partial charge in [-0.15, -0.1) is 11.6 Å². The molecule has 0 nitrogen and oxygen atoms in total. The Morgan fingerprint density at radius 3 is 2.39 bits per heavy atom. The van der Waals surface area contributed by atoms with Crippen molar-refractivity contribution in [2.75, 3.05) is 0 Å². The molecule has 1 atom stereocenters. The molecule has 0 heterocycles. The molecule has 0 radical (unpaired) electrons. The lowest BCUT2D eigenvalue weighted by molar-refractivity contribution is 0.507. The first-order valence-electron chi connectivity index (χ1n) is 5.34. The first-order chi connectivity index (χ1) is 8.49. The van der Waals surface area contributed by atoms with Crippen LogP contribution >= 0.6 is 23.2 Å². The van der Waals surface area contributed by atoms with Crippen molar-refractivity contribution in [3.63, 3.8) is 0 Å². The van der Waals surface area contributed by atoms with Crippen molar-refractivity contribution in [1.29, 1.82) is 0 Å². The van der Waals surface area contributed by atoms with E-state index < -0.39 is 17.0 Å². The van der Waals surface area contributed by atoms with Crippen LogP contribution in [0.4, 0.5) is 8.78 Å². The highest BCUT2D eigenvalue weighted by Crippen LogP contribution is 2.33. The Bertz CT molecular complexity index is 582. The number of rotatable bonds is 2. The number of benzene rings is 2. The van der Waals surface area contributed by atoms with Crippen molar-refractivity contribution in [2.24, 2.45) is 0 Å². The zero-order chi connectivity index (χ0) is 13.3. The van der Waals surface area contributed by atoms with E-state index in [9.17, 15) is 8.78 Å². The molecule has 0 saturated carbocycles. The molecule has 0 bridgehead atoms. The number of halogens is 4. The van der Waals surface area contributed by atoms with Crippen LogP contribution in [0.1, 0.15) is 22.1 Å². The Morgan fingerprint density at radius 2 is 1.72 bits per heavy atom. The van der Waals surface area contributed by atoms with E-state index in [2.05, 4.69) is 0 Å². The van der Waals surface area contributed by atoms with Crippen molar-refractivity contribution in [3.05, 3.63) is 69.7 Å². The van der Waals surface area contributed by atoms with Crippen molar-refractivity contribution in [2.45, 2.75) is 12.3 Å². The van der Waals surface area contributed by atoms with Gasteiger partial charge < -0.3 is 0 Å². The molecular weight excluding hydrogens is 277 g/mol. The SMILES string of the molecule is Cc1ccc(Cl)cc1C(Cl)c1ccc(F)c(F)c1. The molecule has 0 saturated heterocycles. The van der Waals surface area contributed by atoms with Gasteiger partial charge in [0.05, 0.1) is 5.38 Å². The number of hydrogen-bond donors (Lipinski definition) is 0. The maximum Gasteiger partial charge on any atom is 0.159 e. The summed E-state index contributed by atoms with van der Waals surface area (Å²) in [4.78, 5) is 0. The summed E-state index contributed by atoms with van der Waals surface area (Å²) in [6.07, 6.45) is 0. The zero-order valence-electron chi connectivity index (χ0n) is 9.55. The van der Waals surface area contributed by atoms with Crippen LogP contribution in [-0.4, -0.2) is 0 Å². The minimum atomic E-state index is -0.905. The van der Waals surface area contributed by atoms with Crippen molar-refractivity contribution >= 4 is 23.2 Å². The van der Waals surface area contributed by atoms with Crippen LogP contribution in [0.2, 0.25) is 5.02 Å². The van der Waals surface area contributed by atoms with Crippen LogP contribution in [0, 0.1) is 18.6 Å². The molecule has 4 heteroatoms. The van der Waals surface area contributed by atoms with E-state index in [1.165, 1.54) is 6.07 Å². The average molecular weight is 287 g/mol. The molecule has 0 aliphatic heterocycles. The van der Waals surface area contributed by atoms with Gasteiger partial charge in [-0.05, 0) is 47.9 Å². The molecule has 94 valence electrons. The molecule has 2 aromatic rings. The predicted molar refractivity (Wildman–Crippen MR) is 70.2 cm³/mol. The summed E-state index contributed by atoms with van der Waals surface area (Å²) in [7, 11) is 0. The van der Waals surface area contributed by atoms with Gasteiger partial charge in [0.15, 0.2) is 11.6 Å². The van der Waals surface area contributed by atoms with Gasteiger partial charge in [0.1, 0.15) is 0 Å². The monoisotopic (exact) mass is 286 g/mol. The third-order valence-corrected chi connectivity index (χ3v) is 3.47. The summed E-state index contributed by atoms with van der Waals surface area (Å²) < 4.78 is 26.0. The van der Waals surface area contributed by atoms with Crippen molar-refractivity contribution < 1.29 is 8.78 Å². The molecule has 0 spiro atoms. The first kappa shape index (κ1) is 13.3. The Labute approximate surface area is 114 Å². The second-order valence-corrected chi connectivity index (χ2v) is 4.91. The summed E-state index contributed by atoms with van der Waals surface area (Å²) in [5.41, 5.74) is 2.24. The lowest BCUT2D eigenvalue weighted by Crippen LogP contribution is -1.98. The van der Waals surface area contributed by atoms with Gasteiger partial charge in [0.2, 0.25) is 0 Å². The minimum absolute atomic E-state index is 0.501. The molecule has 0 fully saturated rings. The summed E-state index contributed by atoms with van der Waals surface area (Å²) >= 11 is 12.2. The van der Waals surface area contributed by atoms with Gasteiger partial charge >= 0.3 is 0 Å². The highest BCUT2D eigenvalue weighted by Gasteiger charge is 2.15. The summed E-state index contributed by atoms with van der Waals surface area (Å²) in [6, 6.07) is 8.97. The molecule has 0 aliphatic carbocycles. The lowest BCUT2D eigenvalue weighted by atomic mass is 10.00. The lowest BCUT2D eigenvalue weighted by Gasteiger charge is -2.14. The highest BCUT2D eigenvalue weighted by molar-refractivity contribution is 6.31. The molecule has 2 rings (SSSR count). The van der Waals surface area contributed by atoms with E-state index in [4.69, 9.17) is 23.2 Å².